The Hall–Kier alpha value is -3.84. The van der Waals surface area contributed by atoms with Gasteiger partial charge in [-0.15, -0.1) is 0 Å². The Morgan fingerprint density at radius 3 is 2.56 bits per heavy atom. The molecule has 5 rings (SSSR count). The predicted octanol–water partition coefficient (Wildman–Crippen LogP) is 6.74. The zero-order valence-electron chi connectivity index (χ0n) is 18.4. The van der Waals surface area contributed by atoms with E-state index >= 15 is 0 Å². The van der Waals surface area contributed by atoms with Gasteiger partial charge in [0, 0.05) is 15.9 Å². The van der Waals surface area contributed by atoms with Gasteiger partial charge in [-0.25, -0.2) is 4.79 Å². The standard InChI is InChI=1S/C27H19BrO6/c1-3-31-18-9-11-22-21(13-18)25(15(2)32-22)27(30)33-19-8-10-20-23(14-19)34-24(26(20)29)12-16-4-6-17(28)7-5-16/h4-14H,3H2,1-2H3/b24-12-. The molecule has 170 valence electrons. The third-order valence-electron chi connectivity index (χ3n) is 5.37. The Morgan fingerprint density at radius 2 is 1.79 bits per heavy atom. The minimum absolute atomic E-state index is 0.209. The van der Waals surface area contributed by atoms with Crippen molar-refractivity contribution in [1.82, 2.24) is 0 Å². The maximum absolute atomic E-state index is 13.0. The van der Waals surface area contributed by atoms with Crippen LogP contribution in [0, 0.1) is 6.92 Å². The summed E-state index contributed by atoms with van der Waals surface area (Å²) >= 11 is 3.39. The number of hydrogen-bond acceptors (Lipinski definition) is 6. The molecular weight excluding hydrogens is 500 g/mol. The number of aryl methyl sites for hydroxylation is 1. The van der Waals surface area contributed by atoms with E-state index in [1.54, 1.807) is 43.3 Å². The van der Waals surface area contributed by atoms with Gasteiger partial charge in [-0.1, -0.05) is 28.1 Å². The van der Waals surface area contributed by atoms with Gasteiger partial charge < -0.3 is 18.6 Å². The van der Waals surface area contributed by atoms with Crippen LogP contribution in [-0.4, -0.2) is 18.4 Å². The first kappa shape index (κ1) is 22.0. The molecule has 0 spiro atoms. The summed E-state index contributed by atoms with van der Waals surface area (Å²) in [4.78, 5) is 25.8. The molecule has 2 heterocycles. The second-order valence-corrected chi connectivity index (χ2v) is 8.58. The van der Waals surface area contributed by atoms with Gasteiger partial charge in [0.2, 0.25) is 5.78 Å². The van der Waals surface area contributed by atoms with Crippen molar-refractivity contribution < 1.29 is 28.2 Å². The van der Waals surface area contributed by atoms with Crippen LogP contribution in [0.2, 0.25) is 0 Å². The van der Waals surface area contributed by atoms with Gasteiger partial charge in [-0.05, 0) is 68.0 Å². The summed E-state index contributed by atoms with van der Waals surface area (Å²) < 4.78 is 23.6. The van der Waals surface area contributed by atoms with Gasteiger partial charge in [0.05, 0.1) is 12.2 Å². The van der Waals surface area contributed by atoms with Crippen molar-refractivity contribution in [3.05, 3.63) is 93.3 Å². The number of esters is 1. The quantitative estimate of drug-likeness (QED) is 0.165. The highest BCUT2D eigenvalue weighted by Gasteiger charge is 2.28. The largest absolute Gasteiger partial charge is 0.494 e. The van der Waals surface area contributed by atoms with Crippen molar-refractivity contribution in [3.63, 3.8) is 0 Å². The van der Waals surface area contributed by atoms with E-state index in [4.69, 9.17) is 18.6 Å². The van der Waals surface area contributed by atoms with Crippen LogP contribution < -0.4 is 14.2 Å². The lowest BCUT2D eigenvalue weighted by Crippen LogP contribution is -2.09. The van der Waals surface area contributed by atoms with Gasteiger partial charge in [-0.3, -0.25) is 4.79 Å². The topological polar surface area (TPSA) is 75.0 Å². The average molecular weight is 519 g/mol. The number of allylic oxidation sites excluding steroid dienone is 1. The van der Waals surface area contributed by atoms with Gasteiger partial charge in [-0.2, -0.15) is 0 Å². The fourth-order valence-corrected chi connectivity index (χ4v) is 4.07. The molecule has 0 unspecified atom stereocenters. The van der Waals surface area contributed by atoms with Crippen molar-refractivity contribution in [2.24, 2.45) is 0 Å². The molecule has 0 aliphatic carbocycles. The molecule has 3 aromatic carbocycles. The molecule has 0 atom stereocenters. The van der Waals surface area contributed by atoms with Crippen LogP contribution in [0.1, 0.15) is 39.0 Å². The summed E-state index contributed by atoms with van der Waals surface area (Å²) in [5.74, 6) is 1.10. The summed E-state index contributed by atoms with van der Waals surface area (Å²) in [6.45, 7) is 4.11. The van der Waals surface area contributed by atoms with Crippen LogP contribution in [0.3, 0.4) is 0 Å². The number of ether oxygens (including phenoxy) is 3. The second-order valence-electron chi connectivity index (χ2n) is 7.66. The molecule has 0 saturated heterocycles. The molecule has 34 heavy (non-hydrogen) atoms. The number of furan rings is 1. The maximum Gasteiger partial charge on any atom is 0.347 e. The van der Waals surface area contributed by atoms with Crippen molar-refractivity contribution in [1.29, 1.82) is 0 Å². The molecule has 0 fully saturated rings. The molecule has 0 radical (unpaired) electrons. The smallest absolute Gasteiger partial charge is 0.347 e. The second kappa shape index (κ2) is 8.83. The molecule has 0 bridgehead atoms. The van der Waals surface area contributed by atoms with E-state index in [2.05, 4.69) is 15.9 Å². The molecular formula is C27H19BrO6. The Labute approximate surface area is 203 Å². The zero-order chi connectivity index (χ0) is 23.8. The Morgan fingerprint density at radius 1 is 1.03 bits per heavy atom. The molecule has 7 heteroatoms. The maximum atomic E-state index is 13.0. The lowest BCUT2D eigenvalue weighted by molar-refractivity contribution is 0.0734. The Balaban J connectivity index is 1.40. The number of halogens is 1. The monoisotopic (exact) mass is 518 g/mol. The zero-order valence-corrected chi connectivity index (χ0v) is 20.0. The fraction of sp³-hybridized carbons (Fsp3) is 0.111. The Kier molecular flexibility index (Phi) is 5.71. The number of carbonyl (C=O) groups is 2. The number of carbonyl (C=O) groups excluding carboxylic acids is 2. The predicted molar refractivity (Wildman–Crippen MR) is 131 cm³/mol. The molecule has 4 aromatic rings. The molecule has 1 aliphatic rings. The highest BCUT2D eigenvalue weighted by molar-refractivity contribution is 9.10. The number of hydrogen-bond donors (Lipinski definition) is 0. The number of fused-ring (bicyclic) bond motifs is 2. The fourth-order valence-electron chi connectivity index (χ4n) is 3.81. The summed E-state index contributed by atoms with van der Waals surface area (Å²) in [5, 5.41) is 0.612. The van der Waals surface area contributed by atoms with Crippen LogP contribution in [0.5, 0.6) is 17.2 Å². The summed E-state index contributed by atoms with van der Waals surface area (Å²) in [6.07, 6.45) is 1.68. The normalized spacial score (nSPS) is 13.7. The number of rotatable bonds is 5. The number of Topliss-reactive ketones (excluding diaryl/α,β-unsaturated/α-hetero) is 1. The van der Waals surface area contributed by atoms with Crippen molar-refractivity contribution in [2.75, 3.05) is 6.61 Å². The lowest BCUT2D eigenvalue weighted by Gasteiger charge is -2.06. The van der Waals surface area contributed by atoms with Gasteiger partial charge in [0.1, 0.15) is 34.2 Å². The van der Waals surface area contributed by atoms with Crippen molar-refractivity contribution >= 4 is 44.7 Å². The van der Waals surface area contributed by atoms with Crippen LogP contribution in [0.15, 0.2) is 75.3 Å². The molecule has 0 amide bonds. The van der Waals surface area contributed by atoms with E-state index in [9.17, 15) is 9.59 Å². The van der Waals surface area contributed by atoms with Crippen LogP contribution in [-0.2, 0) is 0 Å². The van der Waals surface area contributed by atoms with Gasteiger partial charge in [0.25, 0.3) is 0 Å². The van der Waals surface area contributed by atoms with Gasteiger partial charge >= 0.3 is 5.97 Å². The SMILES string of the molecule is CCOc1ccc2oc(C)c(C(=O)Oc3ccc4c(c3)O/C(=C\c3ccc(Br)cc3)C4=O)c2c1. The lowest BCUT2D eigenvalue weighted by atomic mass is 10.1. The van der Waals surface area contributed by atoms with Crippen molar-refractivity contribution in [2.45, 2.75) is 13.8 Å². The highest BCUT2D eigenvalue weighted by atomic mass is 79.9. The minimum atomic E-state index is -0.570. The first-order valence-electron chi connectivity index (χ1n) is 10.6. The first-order chi connectivity index (χ1) is 16.4. The van der Waals surface area contributed by atoms with E-state index < -0.39 is 5.97 Å². The van der Waals surface area contributed by atoms with Crippen LogP contribution in [0.4, 0.5) is 0 Å². The van der Waals surface area contributed by atoms with Crippen LogP contribution >= 0.6 is 15.9 Å². The molecule has 6 nitrogen and oxygen atoms in total. The van der Waals surface area contributed by atoms with E-state index in [1.165, 1.54) is 6.07 Å². The van der Waals surface area contributed by atoms with E-state index in [0.717, 1.165) is 10.0 Å². The van der Waals surface area contributed by atoms with E-state index in [1.807, 2.05) is 31.2 Å². The summed E-state index contributed by atoms with van der Waals surface area (Å²) in [7, 11) is 0. The Bertz CT molecular complexity index is 1460. The number of benzene rings is 3. The van der Waals surface area contributed by atoms with E-state index in [-0.39, 0.29) is 17.3 Å². The summed E-state index contributed by atoms with van der Waals surface area (Å²) in [6, 6.07) is 17.5. The molecule has 0 saturated carbocycles. The van der Waals surface area contributed by atoms with Gasteiger partial charge in [0.15, 0.2) is 5.76 Å². The third kappa shape index (κ3) is 4.10. The summed E-state index contributed by atoms with van der Waals surface area (Å²) in [5.41, 5.74) is 2.14. The molecule has 1 aliphatic heterocycles. The highest BCUT2D eigenvalue weighted by Crippen LogP contribution is 2.36. The first-order valence-corrected chi connectivity index (χ1v) is 11.4. The van der Waals surface area contributed by atoms with E-state index in [0.29, 0.717) is 46.0 Å². The third-order valence-corrected chi connectivity index (χ3v) is 5.90. The number of ketones is 1. The van der Waals surface area contributed by atoms with Crippen LogP contribution in [0.25, 0.3) is 17.0 Å². The minimum Gasteiger partial charge on any atom is -0.494 e. The molecule has 1 aromatic heterocycles. The van der Waals surface area contributed by atoms with Crippen molar-refractivity contribution in [3.8, 4) is 17.2 Å². The molecule has 0 N–H and O–H groups in total. The average Bonchev–Trinajstić information content (AvgIpc) is 3.30.